The van der Waals surface area contributed by atoms with E-state index in [0.29, 0.717) is 17.6 Å². The molecule has 0 bridgehead atoms. The first-order chi connectivity index (χ1) is 6.23. The Labute approximate surface area is 80.8 Å². The van der Waals surface area contributed by atoms with Gasteiger partial charge < -0.3 is 10.5 Å². The largest absolute Gasteiger partial charge is 0.378 e. The highest BCUT2D eigenvalue weighted by molar-refractivity contribution is 4.99. The zero-order valence-electron chi connectivity index (χ0n) is 8.59. The second kappa shape index (κ2) is 3.58. The molecule has 2 heteroatoms. The van der Waals surface area contributed by atoms with Crippen LogP contribution in [0.5, 0.6) is 0 Å². The summed E-state index contributed by atoms with van der Waals surface area (Å²) in [5.41, 5.74) is 6.48. The molecule has 0 aromatic rings. The molecule has 1 heterocycles. The maximum Gasteiger partial charge on any atom is 0.0576 e. The van der Waals surface area contributed by atoms with Crippen LogP contribution in [0.2, 0.25) is 0 Å². The van der Waals surface area contributed by atoms with Gasteiger partial charge in [-0.05, 0) is 50.9 Å². The summed E-state index contributed by atoms with van der Waals surface area (Å²) in [5, 5.41) is 0. The molecule has 0 aromatic heterocycles. The first kappa shape index (κ1) is 9.47. The number of nitrogens with two attached hydrogens (primary N) is 1. The second-order valence-corrected chi connectivity index (χ2v) is 4.82. The Morgan fingerprint density at radius 3 is 2.77 bits per heavy atom. The Balaban J connectivity index is 1.72. The summed E-state index contributed by atoms with van der Waals surface area (Å²) in [5.74, 6) is 0. The lowest BCUT2D eigenvalue weighted by Gasteiger charge is -2.20. The van der Waals surface area contributed by atoms with Crippen molar-refractivity contribution < 1.29 is 4.74 Å². The molecule has 0 aromatic carbocycles. The van der Waals surface area contributed by atoms with Crippen LogP contribution in [0.4, 0.5) is 0 Å². The van der Waals surface area contributed by atoms with Gasteiger partial charge in [0.05, 0.1) is 6.10 Å². The molecule has 2 unspecified atom stereocenters. The van der Waals surface area contributed by atoms with E-state index in [9.17, 15) is 0 Å². The lowest BCUT2D eigenvalue weighted by molar-refractivity contribution is 0.0953. The summed E-state index contributed by atoms with van der Waals surface area (Å²) >= 11 is 0. The van der Waals surface area contributed by atoms with Crippen molar-refractivity contribution in [2.24, 2.45) is 11.1 Å². The Kier molecular flexibility index (Phi) is 2.61. The van der Waals surface area contributed by atoms with Crippen LogP contribution in [-0.2, 0) is 4.74 Å². The molecule has 0 radical (unpaired) electrons. The maximum atomic E-state index is 5.98. The highest BCUT2D eigenvalue weighted by Gasteiger charge is 2.45. The van der Waals surface area contributed by atoms with Crippen LogP contribution in [0.1, 0.15) is 45.4 Å². The molecule has 0 spiro atoms. The van der Waals surface area contributed by atoms with E-state index in [0.717, 1.165) is 6.61 Å². The minimum atomic E-state index is 0.383. The maximum absolute atomic E-state index is 5.98. The zero-order chi connectivity index (χ0) is 9.31. The van der Waals surface area contributed by atoms with Gasteiger partial charge in [0.25, 0.3) is 0 Å². The summed E-state index contributed by atoms with van der Waals surface area (Å²) in [6.07, 6.45) is 8.30. The smallest absolute Gasteiger partial charge is 0.0576 e. The fourth-order valence-electron chi connectivity index (χ4n) is 2.41. The standard InChI is InChI=1S/C11H21NO/c1-9(12)11(6-7-11)5-4-10-3-2-8-13-10/h9-10H,2-8,12H2,1H3. The molecule has 2 atom stereocenters. The Morgan fingerprint density at radius 2 is 2.31 bits per heavy atom. The van der Waals surface area contributed by atoms with Crippen molar-refractivity contribution in [1.29, 1.82) is 0 Å². The normalized spacial score (nSPS) is 33.2. The minimum Gasteiger partial charge on any atom is -0.378 e. The van der Waals surface area contributed by atoms with Gasteiger partial charge >= 0.3 is 0 Å². The molecule has 1 saturated heterocycles. The predicted octanol–water partition coefficient (Wildman–Crippen LogP) is 2.07. The van der Waals surface area contributed by atoms with Gasteiger partial charge in [0.1, 0.15) is 0 Å². The highest BCUT2D eigenvalue weighted by atomic mass is 16.5. The monoisotopic (exact) mass is 183 g/mol. The van der Waals surface area contributed by atoms with E-state index in [1.54, 1.807) is 0 Å². The number of hydrogen-bond donors (Lipinski definition) is 1. The van der Waals surface area contributed by atoms with Gasteiger partial charge in [0.15, 0.2) is 0 Å². The van der Waals surface area contributed by atoms with Gasteiger partial charge in [-0.1, -0.05) is 0 Å². The third-order valence-corrected chi connectivity index (χ3v) is 3.85. The molecule has 2 nitrogen and oxygen atoms in total. The average molecular weight is 183 g/mol. The molecular formula is C11H21NO. The highest BCUT2D eigenvalue weighted by Crippen LogP contribution is 2.52. The Bertz CT molecular complexity index is 169. The van der Waals surface area contributed by atoms with Crippen molar-refractivity contribution in [3.8, 4) is 0 Å². The quantitative estimate of drug-likeness (QED) is 0.724. The van der Waals surface area contributed by atoms with Crippen molar-refractivity contribution in [3.63, 3.8) is 0 Å². The SMILES string of the molecule is CC(N)C1(CCC2CCCO2)CC1. The van der Waals surface area contributed by atoms with E-state index in [4.69, 9.17) is 10.5 Å². The number of rotatable bonds is 4. The molecule has 2 fully saturated rings. The third kappa shape index (κ3) is 2.05. The molecule has 76 valence electrons. The first-order valence-corrected chi connectivity index (χ1v) is 5.60. The van der Waals surface area contributed by atoms with Crippen molar-refractivity contribution in [2.75, 3.05) is 6.61 Å². The van der Waals surface area contributed by atoms with Crippen LogP contribution in [0.3, 0.4) is 0 Å². The first-order valence-electron chi connectivity index (χ1n) is 5.60. The van der Waals surface area contributed by atoms with E-state index in [2.05, 4.69) is 6.92 Å². The van der Waals surface area contributed by atoms with Gasteiger partial charge in [0, 0.05) is 12.6 Å². The van der Waals surface area contributed by atoms with Crippen LogP contribution < -0.4 is 5.73 Å². The van der Waals surface area contributed by atoms with Gasteiger partial charge in [-0.2, -0.15) is 0 Å². The van der Waals surface area contributed by atoms with Crippen molar-refractivity contribution >= 4 is 0 Å². The zero-order valence-corrected chi connectivity index (χ0v) is 8.59. The molecule has 1 aliphatic heterocycles. The fourth-order valence-corrected chi connectivity index (χ4v) is 2.41. The lowest BCUT2D eigenvalue weighted by atomic mass is 9.91. The van der Waals surface area contributed by atoms with Gasteiger partial charge in [-0.15, -0.1) is 0 Å². The van der Waals surface area contributed by atoms with Crippen LogP contribution in [0, 0.1) is 5.41 Å². The Hall–Kier alpha value is -0.0800. The van der Waals surface area contributed by atoms with E-state index < -0.39 is 0 Å². The van der Waals surface area contributed by atoms with E-state index in [1.807, 2.05) is 0 Å². The molecule has 2 rings (SSSR count). The van der Waals surface area contributed by atoms with Crippen molar-refractivity contribution in [1.82, 2.24) is 0 Å². The van der Waals surface area contributed by atoms with E-state index in [-0.39, 0.29) is 0 Å². The predicted molar refractivity (Wildman–Crippen MR) is 53.5 cm³/mol. The molecule has 13 heavy (non-hydrogen) atoms. The van der Waals surface area contributed by atoms with Crippen LogP contribution >= 0.6 is 0 Å². The lowest BCUT2D eigenvalue weighted by Crippen LogP contribution is -2.28. The topological polar surface area (TPSA) is 35.2 Å². The van der Waals surface area contributed by atoms with Crippen LogP contribution in [0.15, 0.2) is 0 Å². The third-order valence-electron chi connectivity index (χ3n) is 3.85. The number of ether oxygens (including phenoxy) is 1. The Morgan fingerprint density at radius 1 is 1.54 bits per heavy atom. The molecular weight excluding hydrogens is 162 g/mol. The average Bonchev–Trinajstić information content (AvgIpc) is 2.73. The number of hydrogen-bond acceptors (Lipinski definition) is 2. The summed E-state index contributed by atoms with van der Waals surface area (Å²) in [4.78, 5) is 0. The van der Waals surface area contributed by atoms with Crippen molar-refractivity contribution in [2.45, 2.75) is 57.6 Å². The molecule has 2 aliphatic rings. The molecule has 1 aliphatic carbocycles. The summed E-state index contributed by atoms with van der Waals surface area (Å²) in [6, 6.07) is 0.383. The van der Waals surface area contributed by atoms with E-state index >= 15 is 0 Å². The van der Waals surface area contributed by atoms with Gasteiger partial charge in [-0.25, -0.2) is 0 Å². The van der Waals surface area contributed by atoms with Gasteiger partial charge in [0.2, 0.25) is 0 Å². The van der Waals surface area contributed by atoms with Crippen LogP contribution in [-0.4, -0.2) is 18.8 Å². The minimum absolute atomic E-state index is 0.383. The summed E-state index contributed by atoms with van der Waals surface area (Å²) in [7, 11) is 0. The fraction of sp³-hybridized carbons (Fsp3) is 1.00. The summed E-state index contributed by atoms with van der Waals surface area (Å²) < 4.78 is 5.62. The van der Waals surface area contributed by atoms with Gasteiger partial charge in [-0.3, -0.25) is 0 Å². The van der Waals surface area contributed by atoms with E-state index in [1.165, 1.54) is 38.5 Å². The van der Waals surface area contributed by atoms with Crippen molar-refractivity contribution in [3.05, 3.63) is 0 Å². The second-order valence-electron chi connectivity index (χ2n) is 4.82. The summed E-state index contributed by atoms with van der Waals surface area (Å²) in [6.45, 7) is 3.14. The van der Waals surface area contributed by atoms with Crippen LogP contribution in [0.25, 0.3) is 0 Å². The molecule has 0 amide bonds. The molecule has 2 N–H and O–H groups in total. The molecule has 1 saturated carbocycles.